The van der Waals surface area contributed by atoms with Gasteiger partial charge < -0.3 is 4.90 Å². The Morgan fingerprint density at radius 3 is 2.46 bits per heavy atom. The molecule has 0 bridgehead atoms. The van der Waals surface area contributed by atoms with Gasteiger partial charge in [0.2, 0.25) is 15.9 Å². The minimum Gasteiger partial charge on any atom is -0.335 e. The van der Waals surface area contributed by atoms with Gasteiger partial charge in [-0.1, -0.05) is 18.2 Å². The van der Waals surface area contributed by atoms with E-state index in [1.165, 1.54) is 4.88 Å². The summed E-state index contributed by atoms with van der Waals surface area (Å²) in [4.78, 5) is 16.4. The van der Waals surface area contributed by atoms with Crippen molar-refractivity contribution in [2.75, 3.05) is 19.6 Å². The molecule has 2 fully saturated rings. The van der Waals surface area contributed by atoms with E-state index in [4.69, 9.17) is 0 Å². The zero-order valence-corrected chi connectivity index (χ0v) is 17.6. The fourth-order valence-corrected chi connectivity index (χ4v) is 6.53. The molecule has 0 radical (unpaired) electrons. The summed E-state index contributed by atoms with van der Waals surface area (Å²) in [6.07, 6.45) is 5.05. The summed E-state index contributed by atoms with van der Waals surface area (Å²) in [6.45, 7) is 2.05. The van der Waals surface area contributed by atoms with E-state index in [1.807, 2.05) is 23.1 Å². The average molecular weight is 419 g/mol. The first-order valence-corrected chi connectivity index (χ1v) is 12.3. The zero-order chi connectivity index (χ0) is 19.6. The quantitative estimate of drug-likeness (QED) is 0.716. The summed E-state index contributed by atoms with van der Waals surface area (Å²) in [5.41, 5.74) is 1.00. The van der Waals surface area contributed by atoms with Crippen LogP contribution in [0.15, 0.2) is 46.7 Å². The van der Waals surface area contributed by atoms with Crippen molar-refractivity contribution < 1.29 is 13.2 Å². The van der Waals surface area contributed by atoms with Crippen LogP contribution in [0, 0.1) is 0 Å². The van der Waals surface area contributed by atoms with Gasteiger partial charge in [0.15, 0.2) is 0 Å². The number of sulfonamides is 1. The molecule has 1 amide bonds. The highest BCUT2D eigenvalue weighted by atomic mass is 32.2. The topological polar surface area (TPSA) is 57.7 Å². The maximum Gasteiger partial charge on any atom is 0.243 e. The number of likely N-dealkylation sites (tertiary alicyclic amines) is 1. The predicted octanol–water partition coefficient (Wildman–Crippen LogP) is 3.83. The van der Waals surface area contributed by atoms with E-state index in [0.29, 0.717) is 30.8 Å². The van der Waals surface area contributed by atoms with Crippen molar-refractivity contribution in [3.8, 4) is 0 Å². The van der Waals surface area contributed by atoms with E-state index >= 15 is 0 Å². The second kappa shape index (κ2) is 8.35. The molecule has 0 aliphatic carbocycles. The molecule has 0 N–H and O–H groups in total. The van der Waals surface area contributed by atoms with Crippen molar-refractivity contribution in [3.63, 3.8) is 0 Å². The first-order chi connectivity index (χ1) is 13.6. The molecule has 4 rings (SSSR count). The number of benzene rings is 1. The molecular formula is C21H26N2O3S2. The number of thiophene rings is 1. The van der Waals surface area contributed by atoms with Crippen LogP contribution >= 0.6 is 11.3 Å². The normalized spacial score (nSPS) is 20.7. The van der Waals surface area contributed by atoms with Gasteiger partial charge in [-0.15, -0.1) is 11.3 Å². The van der Waals surface area contributed by atoms with Gasteiger partial charge in [-0.3, -0.25) is 4.79 Å². The molecule has 2 saturated heterocycles. The number of hydrogen-bond acceptors (Lipinski definition) is 4. The number of hydrogen-bond donors (Lipinski definition) is 0. The van der Waals surface area contributed by atoms with E-state index in [2.05, 4.69) is 11.4 Å². The lowest BCUT2D eigenvalue weighted by molar-refractivity contribution is -0.132. The molecule has 28 heavy (non-hydrogen) atoms. The number of carbonyl (C=O) groups excluding carboxylic acids is 1. The molecule has 2 aliphatic heterocycles. The third kappa shape index (κ3) is 4.02. The van der Waals surface area contributed by atoms with E-state index in [9.17, 15) is 13.2 Å². The maximum atomic E-state index is 12.8. The Balaban J connectivity index is 1.36. The van der Waals surface area contributed by atoms with E-state index in [1.54, 1.807) is 27.8 Å². The van der Waals surface area contributed by atoms with Gasteiger partial charge >= 0.3 is 0 Å². The molecule has 0 saturated carbocycles. The molecule has 7 heteroatoms. The lowest BCUT2D eigenvalue weighted by Gasteiger charge is -2.24. The fraction of sp³-hybridized carbons (Fsp3) is 0.476. The smallest absolute Gasteiger partial charge is 0.243 e. The zero-order valence-electron chi connectivity index (χ0n) is 15.9. The molecule has 3 heterocycles. The highest BCUT2D eigenvalue weighted by molar-refractivity contribution is 7.89. The minimum absolute atomic E-state index is 0.185. The largest absolute Gasteiger partial charge is 0.335 e. The van der Waals surface area contributed by atoms with E-state index < -0.39 is 10.0 Å². The van der Waals surface area contributed by atoms with Gasteiger partial charge in [-0.25, -0.2) is 8.42 Å². The van der Waals surface area contributed by atoms with E-state index in [0.717, 1.165) is 37.8 Å². The van der Waals surface area contributed by atoms with Gasteiger partial charge in [0, 0.05) is 30.9 Å². The lowest BCUT2D eigenvalue weighted by Crippen LogP contribution is -2.30. The summed E-state index contributed by atoms with van der Waals surface area (Å²) in [5, 5.41) is 2.06. The Hall–Kier alpha value is -1.70. The number of rotatable bonds is 6. The van der Waals surface area contributed by atoms with Gasteiger partial charge in [0.1, 0.15) is 0 Å². The molecule has 1 aromatic heterocycles. The molecule has 0 spiro atoms. The summed E-state index contributed by atoms with van der Waals surface area (Å²) in [5.74, 6) is 0.185. The molecule has 2 aromatic rings. The van der Waals surface area contributed by atoms with Crippen LogP contribution < -0.4 is 0 Å². The Kier molecular flexibility index (Phi) is 5.85. The average Bonchev–Trinajstić information content (AvgIpc) is 3.47. The molecule has 1 aromatic carbocycles. The first kappa shape index (κ1) is 19.6. The van der Waals surface area contributed by atoms with Crippen LogP contribution in [0.3, 0.4) is 0 Å². The van der Waals surface area contributed by atoms with Crippen molar-refractivity contribution in [1.82, 2.24) is 9.21 Å². The molecular weight excluding hydrogens is 392 g/mol. The van der Waals surface area contributed by atoms with Crippen LogP contribution in [0.1, 0.15) is 48.6 Å². The number of aryl methyl sites for hydroxylation is 1. The van der Waals surface area contributed by atoms with Gasteiger partial charge in [-0.2, -0.15) is 4.31 Å². The SMILES string of the molecule is O=C(CCc1ccc(S(=O)(=O)N2CCCC2)cc1)N1CCCC1c1cccs1. The van der Waals surface area contributed by atoms with Crippen molar-refractivity contribution >= 4 is 27.3 Å². The molecule has 2 aliphatic rings. The minimum atomic E-state index is -3.37. The summed E-state index contributed by atoms with van der Waals surface area (Å²) in [6, 6.07) is 11.4. The monoisotopic (exact) mass is 418 g/mol. The maximum absolute atomic E-state index is 12.8. The van der Waals surface area contributed by atoms with Crippen molar-refractivity contribution in [2.45, 2.75) is 49.5 Å². The predicted molar refractivity (Wildman–Crippen MR) is 111 cm³/mol. The van der Waals surface area contributed by atoms with Crippen LogP contribution in [-0.4, -0.2) is 43.2 Å². The number of nitrogens with zero attached hydrogens (tertiary/aromatic N) is 2. The lowest BCUT2D eigenvalue weighted by atomic mass is 10.1. The standard InChI is InChI=1S/C21H26N2O3S2/c24-21(23-15-3-5-19(23)20-6-4-16-27-20)12-9-17-7-10-18(11-8-17)28(25,26)22-13-1-2-14-22/h4,6-8,10-11,16,19H,1-3,5,9,12-15H2. The van der Waals surface area contributed by atoms with Crippen molar-refractivity contribution in [3.05, 3.63) is 52.2 Å². The van der Waals surface area contributed by atoms with Gasteiger partial charge in [-0.05, 0) is 61.2 Å². The fourth-order valence-electron chi connectivity index (χ4n) is 4.14. The van der Waals surface area contributed by atoms with Crippen LogP contribution in [0.5, 0.6) is 0 Å². The van der Waals surface area contributed by atoms with Crippen LogP contribution in [-0.2, 0) is 21.2 Å². The van der Waals surface area contributed by atoms with Crippen molar-refractivity contribution in [2.24, 2.45) is 0 Å². The Bertz CT molecular complexity index is 902. The molecule has 5 nitrogen and oxygen atoms in total. The number of amides is 1. The third-order valence-electron chi connectivity index (χ3n) is 5.70. The highest BCUT2D eigenvalue weighted by Gasteiger charge is 2.30. The molecule has 1 unspecified atom stereocenters. The second-order valence-corrected chi connectivity index (χ2v) is 10.4. The molecule has 1 atom stereocenters. The number of carbonyl (C=O) groups is 1. The van der Waals surface area contributed by atoms with Crippen molar-refractivity contribution in [1.29, 1.82) is 0 Å². The summed E-state index contributed by atoms with van der Waals surface area (Å²) in [7, 11) is -3.37. The first-order valence-electron chi connectivity index (χ1n) is 9.98. The Morgan fingerprint density at radius 1 is 1.04 bits per heavy atom. The molecule has 150 valence electrons. The summed E-state index contributed by atoms with van der Waals surface area (Å²) >= 11 is 1.72. The van der Waals surface area contributed by atoms with Gasteiger partial charge in [0.25, 0.3) is 0 Å². The third-order valence-corrected chi connectivity index (χ3v) is 8.58. The summed E-state index contributed by atoms with van der Waals surface area (Å²) < 4.78 is 26.8. The van der Waals surface area contributed by atoms with Crippen LogP contribution in [0.25, 0.3) is 0 Å². The second-order valence-electron chi connectivity index (χ2n) is 7.52. The Labute approximate surface area is 171 Å². The van der Waals surface area contributed by atoms with Crippen LogP contribution in [0.4, 0.5) is 0 Å². The van der Waals surface area contributed by atoms with E-state index in [-0.39, 0.29) is 11.9 Å². The Morgan fingerprint density at radius 2 is 1.79 bits per heavy atom. The van der Waals surface area contributed by atoms with Crippen LogP contribution in [0.2, 0.25) is 0 Å². The highest BCUT2D eigenvalue weighted by Crippen LogP contribution is 2.35. The van der Waals surface area contributed by atoms with Gasteiger partial charge in [0.05, 0.1) is 10.9 Å².